The molecule has 128 valence electrons. The van der Waals surface area contributed by atoms with E-state index in [1.807, 2.05) is 0 Å². The van der Waals surface area contributed by atoms with Gasteiger partial charge in [0.15, 0.2) is 9.84 Å². The van der Waals surface area contributed by atoms with Crippen molar-refractivity contribution in [3.63, 3.8) is 0 Å². The van der Waals surface area contributed by atoms with E-state index in [1.165, 1.54) is 25.1 Å². The summed E-state index contributed by atoms with van der Waals surface area (Å²) in [5, 5.41) is 9.74. The predicted molar refractivity (Wildman–Crippen MR) is 95.4 cm³/mol. The highest BCUT2D eigenvalue weighted by Crippen LogP contribution is 2.20. The van der Waals surface area contributed by atoms with Crippen LogP contribution in [0.15, 0.2) is 53.4 Å². The number of benzene rings is 2. The number of esters is 1. The number of hydrogen-bond acceptors (Lipinski definition) is 5. The number of halogens is 1. The standard InChI is InChI=1S/C18H14ClNO4S/c1-13(21)24-17-8-4-14(5-9-17)10-18(11-20)25(22,23)12-15-2-6-16(19)7-3-15/h2-10H,12H2,1H3/b18-10+. The lowest BCUT2D eigenvalue weighted by Gasteiger charge is -2.05. The second kappa shape index (κ2) is 7.97. The molecule has 0 aromatic heterocycles. The van der Waals surface area contributed by atoms with Crippen LogP contribution in [0.5, 0.6) is 5.75 Å². The van der Waals surface area contributed by atoms with Crippen molar-refractivity contribution in [3.8, 4) is 11.8 Å². The fourth-order valence-electron chi connectivity index (χ4n) is 2.02. The molecule has 0 bridgehead atoms. The molecule has 0 aliphatic rings. The summed E-state index contributed by atoms with van der Waals surface area (Å²) < 4.78 is 29.8. The molecular weight excluding hydrogens is 362 g/mol. The highest BCUT2D eigenvalue weighted by atomic mass is 35.5. The first-order chi connectivity index (χ1) is 11.8. The van der Waals surface area contributed by atoms with Crippen LogP contribution in [-0.4, -0.2) is 14.4 Å². The number of nitrogens with zero attached hydrogens (tertiary/aromatic N) is 1. The van der Waals surface area contributed by atoms with Crippen LogP contribution < -0.4 is 4.74 Å². The molecule has 0 amide bonds. The van der Waals surface area contributed by atoms with Crippen LogP contribution in [0.3, 0.4) is 0 Å². The zero-order valence-electron chi connectivity index (χ0n) is 13.3. The van der Waals surface area contributed by atoms with Crippen LogP contribution in [-0.2, 0) is 20.4 Å². The molecule has 5 nitrogen and oxygen atoms in total. The lowest BCUT2D eigenvalue weighted by Crippen LogP contribution is -2.06. The van der Waals surface area contributed by atoms with Gasteiger partial charge in [-0.05, 0) is 41.5 Å². The quantitative estimate of drug-likeness (QED) is 0.451. The molecule has 0 atom stereocenters. The van der Waals surface area contributed by atoms with E-state index in [0.29, 0.717) is 21.9 Å². The van der Waals surface area contributed by atoms with Gasteiger partial charge >= 0.3 is 5.97 Å². The van der Waals surface area contributed by atoms with E-state index in [4.69, 9.17) is 16.3 Å². The van der Waals surface area contributed by atoms with Crippen LogP contribution in [0.25, 0.3) is 6.08 Å². The summed E-state index contributed by atoms with van der Waals surface area (Å²) in [6.45, 7) is 1.28. The van der Waals surface area contributed by atoms with Crippen molar-refractivity contribution < 1.29 is 17.9 Å². The molecule has 0 aliphatic heterocycles. The number of nitriles is 1. The van der Waals surface area contributed by atoms with Crippen molar-refractivity contribution in [2.75, 3.05) is 0 Å². The van der Waals surface area contributed by atoms with Crippen LogP contribution >= 0.6 is 11.6 Å². The van der Waals surface area contributed by atoms with Gasteiger partial charge in [0.25, 0.3) is 0 Å². The van der Waals surface area contributed by atoms with Gasteiger partial charge in [-0.1, -0.05) is 35.9 Å². The first-order valence-electron chi connectivity index (χ1n) is 7.17. The van der Waals surface area contributed by atoms with Crippen LogP contribution in [0.2, 0.25) is 5.02 Å². The molecule has 7 heteroatoms. The molecular formula is C18H14ClNO4S. The summed E-state index contributed by atoms with van der Waals surface area (Å²) in [6, 6.07) is 14.3. The molecule has 0 unspecified atom stereocenters. The van der Waals surface area contributed by atoms with E-state index in [2.05, 4.69) is 0 Å². The Labute approximate surface area is 151 Å². The van der Waals surface area contributed by atoms with E-state index in [9.17, 15) is 18.5 Å². The third-order valence-electron chi connectivity index (χ3n) is 3.15. The van der Waals surface area contributed by atoms with Gasteiger partial charge in [0.1, 0.15) is 16.7 Å². The molecule has 0 saturated heterocycles. The number of allylic oxidation sites excluding steroid dienone is 1. The highest BCUT2D eigenvalue weighted by Gasteiger charge is 2.18. The van der Waals surface area contributed by atoms with Gasteiger partial charge in [0.05, 0.1) is 5.75 Å². The van der Waals surface area contributed by atoms with Crippen LogP contribution in [0.4, 0.5) is 0 Å². The van der Waals surface area contributed by atoms with E-state index in [1.54, 1.807) is 42.5 Å². The van der Waals surface area contributed by atoms with Crippen molar-refractivity contribution in [2.45, 2.75) is 12.7 Å². The summed E-state index contributed by atoms with van der Waals surface area (Å²) in [5.41, 5.74) is 1.04. The van der Waals surface area contributed by atoms with E-state index in [-0.39, 0.29) is 10.7 Å². The Morgan fingerprint density at radius 2 is 1.76 bits per heavy atom. The molecule has 0 fully saturated rings. The lowest BCUT2D eigenvalue weighted by molar-refractivity contribution is -0.131. The average molecular weight is 376 g/mol. The fourth-order valence-corrected chi connectivity index (χ4v) is 3.39. The number of carbonyl (C=O) groups is 1. The average Bonchev–Trinajstić information content (AvgIpc) is 2.55. The minimum atomic E-state index is -3.79. The highest BCUT2D eigenvalue weighted by molar-refractivity contribution is 7.95. The van der Waals surface area contributed by atoms with Crippen molar-refractivity contribution in [1.82, 2.24) is 0 Å². The molecule has 2 aromatic carbocycles. The first kappa shape index (κ1) is 18.7. The van der Waals surface area contributed by atoms with Gasteiger partial charge in [0, 0.05) is 11.9 Å². The van der Waals surface area contributed by atoms with Gasteiger partial charge in [-0.15, -0.1) is 0 Å². The number of hydrogen-bond donors (Lipinski definition) is 0. The minimum Gasteiger partial charge on any atom is -0.427 e. The summed E-state index contributed by atoms with van der Waals surface area (Å²) in [4.78, 5) is 10.5. The summed E-state index contributed by atoms with van der Waals surface area (Å²) >= 11 is 5.78. The van der Waals surface area contributed by atoms with E-state index >= 15 is 0 Å². The Hall–Kier alpha value is -2.62. The van der Waals surface area contributed by atoms with Gasteiger partial charge < -0.3 is 4.74 Å². The second-order valence-corrected chi connectivity index (χ2v) is 7.56. The largest absolute Gasteiger partial charge is 0.427 e. The van der Waals surface area contributed by atoms with Gasteiger partial charge in [0.2, 0.25) is 0 Å². The molecule has 0 N–H and O–H groups in total. The Morgan fingerprint density at radius 1 is 1.16 bits per heavy atom. The van der Waals surface area contributed by atoms with E-state index in [0.717, 1.165) is 0 Å². The van der Waals surface area contributed by atoms with E-state index < -0.39 is 15.8 Å². The van der Waals surface area contributed by atoms with Gasteiger partial charge in [-0.3, -0.25) is 4.79 Å². The maximum absolute atomic E-state index is 12.4. The Balaban J connectivity index is 2.24. The Bertz CT molecular complexity index is 940. The Morgan fingerprint density at radius 3 is 2.28 bits per heavy atom. The predicted octanol–water partition coefficient (Wildman–Crippen LogP) is 3.74. The number of rotatable bonds is 5. The molecule has 2 rings (SSSR count). The SMILES string of the molecule is CC(=O)Oc1ccc(/C=C(\C#N)S(=O)(=O)Cc2ccc(Cl)cc2)cc1. The molecule has 0 spiro atoms. The second-order valence-electron chi connectivity index (χ2n) is 5.17. The van der Waals surface area contributed by atoms with Gasteiger partial charge in [-0.25, -0.2) is 8.42 Å². The molecule has 0 radical (unpaired) electrons. The van der Waals surface area contributed by atoms with Crippen LogP contribution in [0, 0.1) is 11.3 Å². The molecule has 0 heterocycles. The zero-order chi connectivity index (χ0) is 18.4. The normalized spacial score (nSPS) is 11.6. The van der Waals surface area contributed by atoms with Crippen molar-refractivity contribution in [1.29, 1.82) is 5.26 Å². The Kier molecular flexibility index (Phi) is 5.97. The maximum atomic E-state index is 12.4. The third kappa shape index (κ3) is 5.45. The minimum absolute atomic E-state index is 0.297. The number of sulfone groups is 1. The van der Waals surface area contributed by atoms with Crippen molar-refractivity contribution in [2.24, 2.45) is 0 Å². The maximum Gasteiger partial charge on any atom is 0.308 e. The smallest absolute Gasteiger partial charge is 0.308 e. The third-order valence-corrected chi connectivity index (χ3v) is 5.00. The lowest BCUT2D eigenvalue weighted by atomic mass is 10.2. The van der Waals surface area contributed by atoms with Crippen molar-refractivity contribution >= 4 is 33.5 Å². The summed E-state index contributed by atoms with van der Waals surface area (Å²) in [5.74, 6) is -0.409. The van der Waals surface area contributed by atoms with Gasteiger partial charge in [-0.2, -0.15) is 5.26 Å². The zero-order valence-corrected chi connectivity index (χ0v) is 14.8. The molecule has 2 aromatic rings. The molecule has 25 heavy (non-hydrogen) atoms. The fraction of sp³-hybridized carbons (Fsp3) is 0.111. The first-order valence-corrected chi connectivity index (χ1v) is 9.20. The number of carbonyl (C=O) groups excluding carboxylic acids is 1. The topological polar surface area (TPSA) is 84.2 Å². The van der Waals surface area contributed by atoms with Crippen molar-refractivity contribution in [3.05, 3.63) is 69.6 Å². The van der Waals surface area contributed by atoms with Crippen LogP contribution in [0.1, 0.15) is 18.1 Å². The molecule has 0 aliphatic carbocycles. The molecule has 0 saturated carbocycles. The monoisotopic (exact) mass is 375 g/mol. The summed E-state index contributed by atoms with van der Waals surface area (Å²) in [6.07, 6.45) is 1.28. The summed E-state index contributed by atoms with van der Waals surface area (Å²) in [7, 11) is -3.79. The number of ether oxygens (including phenoxy) is 1.